The van der Waals surface area contributed by atoms with Crippen LogP contribution in [0.3, 0.4) is 0 Å². The van der Waals surface area contributed by atoms with Gasteiger partial charge < -0.3 is 9.47 Å². The SMILES string of the molecule is COc1ccc(C=NNC(=O)[C@@H](C)Oc2ccc(Cl)cc2)cc1. The monoisotopic (exact) mass is 332 g/mol. The molecular weight excluding hydrogens is 316 g/mol. The average molecular weight is 333 g/mol. The molecule has 2 rings (SSSR count). The Kier molecular flexibility index (Phi) is 6.00. The van der Waals surface area contributed by atoms with Gasteiger partial charge in [-0.3, -0.25) is 4.79 Å². The molecule has 1 atom stereocenters. The lowest BCUT2D eigenvalue weighted by molar-refractivity contribution is -0.127. The Hall–Kier alpha value is -2.53. The van der Waals surface area contributed by atoms with Gasteiger partial charge in [-0.15, -0.1) is 0 Å². The Morgan fingerprint density at radius 3 is 2.35 bits per heavy atom. The van der Waals surface area contributed by atoms with Crippen LogP contribution in [0.25, 0.3) is 0 Å². The van der Waals surface area contributed by atoms with Gasteiger partial charge in [0.25, 0.3) is 5.91 Å². The van der Waals surface area contributed by atoms with Gasteiger partial charge in [0.15, 0.2) is 6.10 Å². The summed E-state index contributed by atoms with van der Waals surface area (Å²) >= 11 is 5.79. The maximum Gasteiger partial charge on any atom is 0.280 e. The number of halogens is 1. The van der Waals surface area contributed by atoms with E-state index in [-0.39, 0.29) is 5.91 Å². The van der Waals surface area contributed by atoms with Gasteiger partial charge in [0, 0.05) is 5.02 Å². The number of nitrogens with zero attached hydrogens (tertiary/aromatic N) is 1. The van der Waals surface area contributed by atoms with Crippen molar-refractivity contribution in [2.75, 3.05) is 7.11 Å². The molecule has 2 aromatic rings. The highest BCUT2D eigenvalue weighted by Crippen LogP contribution is 2.16. The molecule has 2 aromatic carbocycles. The van der Waals surface area contributed by atoms with Gasteiger partial charge in [0.05, 0.1) is 13.3 Å². The van der Waals surface area contributed by atoms with Crippen molar-refractivity contribution in [2.24, 2.45) is 5.10 Å². The third-order valence-corrected chi connectivity index (χ3v) is 3.25. The number of hydrogen-bond donors (Lipinski definition) is 1. The zero-order chi connectivity index (χ0) is 16.7. The van der Waals surface area contributed by atoms with Gasteiger partial charge in [-0.2, -0.15) is 5.10 Å². The molecule has 23 heavy (non-hydrogen) atoms. The Balaban J connectivity index is 1.85. The van der Waals surface area contributed by atoms with E-state index in [1.54, 1.807) is 44.5 Å². The number of ether oxygens (including phenoxy) is 2. The van der Waals surface area contributed by atoms with Crippen LogP contribution in [0.1, 0.15) is 12.5 Å². The molecule has 0 aliphatic heterocycles. The van der Waals surface area contributed by atoms with Gasteiger partial charge in [0.2, 0.25) is 0 Å². The fraction of sp³-hybridized carbons (Fsp3) is 0.176. The average Bonchev–Trinajstić information content (AvgIpc) is 2.57. The first-order valence-corrected chi connectivity index (χ1v) is 7.35. The van der Waals surface area contributed by atoms with Crippen LogP contribution in [0, 0.1) is 0 Å². The molecule has 0 saturated heterocycles. The second kappa shape index (κ2) is 8.19. The number of carbonyl (C=O) groups excluding carboxylic acids is 1. The number of nitrogens with one attached hydrogen (secondary N) is 1. The number of hydrogen-bond acceptors (Lipinski definition) is 4. The standard InChI is InChI=1S/C17H17ClN2O3/c1-12(23-16-9-5-14(18)6-10-16)17(21)20-19-11-13-3-7-15(22-2)8-4-13/h3-12H,1-2H3,(H,20,21)/t12-/m1/s1. The molecule has 5 nitrogen and oxygen atoms in total. The molecule has 0 aliphatic carbocycles. The maximum absolute atomic E-state index is 11.9. The largest absolute Gasteiger partial charge is 0.497 e. The van der Waals surface area contributed by atoms with Gasteiger partial charge in [-0.25, -0.2) is 5.43 Å². The first kappa shape index (κ1) is 16.8. The van der Waals surface area contributed by atoms with Crippen LogP contribution in [-0.4, -0.2) is 25.3 Å². The predicted molar refractivity (Wildman–Crippen MR) is 90.3 cm³/mol. The second-order valence-corrected chi connectivity index (χ2v) is 5.16. The third kappa shape index (κ3) is 5.30. The summed E-state index contributed by atoms with van der Waals surface area (Å²) in [5.41, 5.74) is 3.28. The normalized spacial score (nSPS) is 12.0. The van der Waals surface area contributed by atoms with Crippen molar-refractivity contribution in [1.82, 2.24) is 5.43 Å². The fourth-order valence-electron chi connectivity index (χ4n) is 1.72. The minimum atomic E-state index is -0.677. The Morgan fingerprint density at radius 1 is 1.13 bits per heavy atom. The highest BCUT2D eigenvalue weighted by atomic mass is 35.5. The van der Waals surface area contributed by atoms with Crippen molar-refractivity contribution in [3.05, 3.63) is 59.1 Å². The summed E-state index contributed by atoms with van der Waals surface area (Å²) in [5, 5.41) is 4.52. The fourth-order valence-corrected chi connectivity index (χ4v) is 1.85. The summed E-state index contributed by atoms with van der Waals surface area (Å²) in [6.07, 6.45) is 0.871. The van der Waals surface area contributed by atoms with E-state index in [0.717, 1.165) is 11.3 Å². The molecule has 0 radical (unpaired) electrons. The van der Waals surface area contributed by atoms with Crippen molar-refractivity contribution in [1.29, 1.82) is 0 Å². The Morgan fingerprint density at radius 2 is 1.74 bits per heavy atom. The van der Waals surface area contributed by atoms with Gasteiger partial charge >= 0.3 is 0 Å². The number of carbonyl (C=O) groups is 1. The van der Waals surface area contributed by atoms with Gasteiger partial charge in [-0.05, 0) is 61.0 Å². The molecule has 0 bridgehead atoms. The van der Waals surface area contributed by atoms with E-state index >= 15 is 0 Å². The highest BCUT2D eigenvalue weighted by molar-refractivity contribution is 6.30. The zero-order valence-corrected chi connectivity index (χ0v) is 13.6. The van der Waals surface area contributed by atoms with E-state index in [0.29, 0.717) is 10.8 Å². The van der Waals surface area contributed by atoms with Crippen LogP contribution < -0.4 is 14.9 Å². The lowest BCUT2D eigenvalue weighted by Gasteiger charge is -2.12. The van der Waals surface area contributed by atoms with Crippen LogP contribution in [0.2, 0.25) is 5.02 Å². The molecule has 0 fully saturated rings. The van der Waals surface area contributed by atoms with E-state index in [1.807, 2.05) is 24.3 Å². The lowest BCUT2D eigenvalue weighted by atomic mass is 10.2. The molecule has 0 unspecified atom stereocenters. The van der Waals surface area contributed by atoms with Crippen LogP contribution >= 0.6 is 11.6 Å². The van der Waals surface area contributed by atoms with Crippen LogP contribution in [0.5, 0.6) is 11.5 Å². The quantitative estimate of drug-likeness (QED) is 0.652. The van der Waals surface area contributed by atoms with E-state index < -0.39 is 6.10 Å². The second-order valence-electron chi connectivity index (χ2n) is 4.72. The molecular formula is C17H17ClN2O3. The minimum Gasteiger partial charge on any atom is -0.497 e. The molecule has 0 heterocycles. The number of benzene rings is 2. The van der Waals surface area contributed by atoms with E-state index in [2.05, 4.69) is 10.5 Å². The molecule has 0 saturated carbocycles. The smallest absolute Gasteiger partial charge is 0.280 e. The molecule has 0 spiro atoms. The summed E-state index contributed by atoms with van der Waals surface area (Å²) in [4.78, 5) is 11.9. The lowest BCUT2D eigenvalue weighted by Crippen LogP contribution is -2.33. The molecule has 6 heteroatoms. The maximum atomic E-state index is 11.9. The van der Waals surface area contributed by atoms with Crippen molar-refractivity contribution >= 4 is 23.7 Å². The number of hydrazone groups is 1. The van der Waals surface area contributed by atoms with Crippen molar-refractivity contribution in [3.8, 4) is 11.5 Å². The summed E-state index contributed by atoms with van der Waals surface area (Å²) in [5.74, 6) is 0.983. The van der Waals surface area contributed by atoms with Gasteiger partial charge in [0.1, 0.15) is 11.5 Å². The van der Waals surface area contributed by atoms with Crippen LogP contribution in [0.4, 0.5) is 0 Å². The molecule has 1 N–H and O–H groups in total. The van der Waals surface area contributed by atoms with E-state index in [9.17, 15) is 4.79 Å². The van der Waals surface area contributed by atoms with E-state index in [4.69, 9.17) is 21.1 Å². The minimum absolute atomic E-state index is 0.343. The van der Waals surface area contributed by atoms with Gasteiger partial charge in [-0.1, -0.05) is 11.6 Å². The number of rotatable bonds is 6. The molecule has 0 aliphatic rings. The van der Waals surface area contributed by atoms with Crippen molar-refractivity contribution in [3.63, 3.8) is 0 Å². The molecule has 1 amide bonds. The van der Waals surface area contributed by atoms with E-state index in [1.165, 1.54) is 0 Å². The van der Waals surface area contributed by atoms with Crippen LogP contribution in [0.15, 0.2) is 53.6 Å². The van der Waals surface area contributed by atoms with Crippen LogP contribution in [-0.2, 0) is 4.79 Å². The topological polar surface area (TPSA) is 59.9 Å². The summed E-state index contributed by atoms with van der Waals surface area (Å²) in [6, 6.07) is 14.1. The summed E-state index contributed by atoms with van der Waals surface area (Å²) in [7, 11) is 1.60. The highest BCUT2D eigenvalue weighted by Gasteiger charge is 2.13. The third-order valence-electron chi connectivity index (χ3n) is 3.00. The number of amides is 1. The molecule has 0 aromatic heterocycles. The first-order valence-electron chi connectivity index (χ1n) is 6.97. The predicted octanol–water partition coefficient (Wildman–Crippen LogP) is 3.27. The van der Waals surface area contributed by atoms with Crippen molar-refractivity contribution in [2.45, 2.75) is 13.0 Å². The summed E-state index contributed by atoms with van der Waals surface area (Å²) in [6.45, 7) is 1.65. The Labute approximate surface area is 139 Å². The molecule has 120 valence electrons. The number of methoxy groups -OCH3 is 1. The van der Waals surface area contributed by atoms with Crippen molar-refractivity contribution < 1.29 is 14.3 Å². The Bertz CT molecular complexity index is 669. The zero-order valence-electron chi connectivity index (χ0n) is 12.8. The first-order chi connectivity index (χ1) is 11.1. The summed E-state index contributed by atoms with van der Waals surface area (Å²) < 4.78 is 10.6.